The maximum Gasteiger partial charge on any atom is 0.151 e. The number of pyridine rings is 1. The van der Waals surface area contributed by atoms with Gasteiger partial charge in [0.2, 0.25) is 0 Å². The Bertz CT molecular complexity index is 467. The fourth-order valence-electron chi connectivity index (χ4n) is 1.07. The molecule has 0 saturated carbocycles. The van der Waals surface area contributed by atoms with Gasteiger partial charge in [-0.15, -0.1) is 0 Å². The van der Waals surface area contributed by atoms with Gasteiger partial charge in [0.05, 0.1) is 5.02 Å². The summed E-state index contributed by atoms with van der Waals surface area (Å²) in [5, 5.41) is 8.70. The lowest BCUT2D eigenvalue weighted by Gasteiger charge is -1.95. The largest absolute Gasteiger partial charge is 0.400 e. The topological polar surface area (TPSA) is 38.1 Å². The number of aliphatic hydroxyl groups is 1. The van der Waals surface area contributed by atoms with Crippen LogP contribution in [0.4, 0.5) is 0 Å². The Labute approximate surface area is 131 Å². The molecule has 0 radical (unpaired) electrons. The predicted molar refractivity (Wildman–Crippen MR) is 88.9 cm³/mol. The second-order valence-corrected chi connectivity index (χ2v) is 5.40. The summed E-state index contributed by atoms with van der Waals surface area (Å²) in [4.78, 5) is 4.25. The molecule has 0 bridgehead atoms. The van der Waals surface area contributed by atoms with E-state index >= 15 is 0 Å². The maximum atomic E-state index is 7.00. The summed E-state index contributed by atoms with van der Waals surface area (Å²) in [7, 11) is 2.58. The van der Waals surface area contributed by atoms with Gasteiger partial charge in [-0.2, -0.15) is 0 Å². The Morgan fingerprint density at radius 1 is 1.47 bits per heavy atom. The molecule has 3 nitrogen and oxygen atoms in total. The fraction of sp³-hybridized carbons (Fsp3) is 0.300. The van der Waals surface area contributed by atoms with Crippen molar-refractivity contribution in [2.45, 2.75) is 13.8 Å². The summed E-state index contributed by atoms with van der Waals surface area (Å²) in [5.74, 6) is 0. The smallest absolute Gasteiger partial charge is 0.151 e. The number of aliphatic hydroxyl groups excluding tert-OH is 1. The van der Waals surface area contributed by atoms with Gasteiger partial charge in [-0.1, -0.05) is 25.4 Å². The van der Waals surface area contributed by atoms with Gasteiger partial charge in [0.15, 0.2) is 5.65 Å². The number of aromatic nitrogens is 2. The second-order valence-electron chi connectivity index (χ2n) is 2.40. The highest BCUT2D eigenvalue weighted by molar-refractivity contribution is 14.2. The molecule has 2 aromatic heterocycles. The number of nitrogens with zero attached hydrogens (tertiary/aromatic N) is 2. The minimum atomic E-state index is 0.657. The molecule has 96 valence electrons. The van der Waals surface area contributed by atoms with Crippen LogP contribution in [0.25, 0.3) is 11.0 Å². The molecule has 0 aliphatic heterocycles. The molecule has 0 aliphatic carbocycles. The van der Waals surface area contributed by atoms with E-state index in [1.165, 1.54) is 0 Å². The van der Waals surface area contributed by atoms with Gasteiger partial charge in [-0.05, 0) is 22.0 Å². The summed E-state index contributed by atoms with van der Waals surface area (Å²) < 4.78 is 3.00. The van der Waals surface area contributed by atoms with Gasteiger partial charge >= 0.3 is 0 Å². The zero-order chi connectivity index (χ0) is 13.4. The Morgan fingerprint density at radius 2 is 2.06 bits per heavy atom. The molecular weight excluding hydrogens is 438 g/mol. The highest BCUT2D eigenvalue weighted by Gasteiger charge is 2.07. The third kappa shape index (κ3) is 4.59. The molecule has 2 aromatic rings. The van der Waals surface area contributed by atoms with Crippen molar-refractivity contribution in [3.05, 3.63) is 28.0 Å². The molecule has 2 rings (SSSR count). The highest BCUT2D eigenvalue weighted by Crippen LogP contribution is 2.31. The van der Waals surface area contributed by atoms with Crippen molar-refractivity contribution in [3.63, 3.8) is 0 Å². The summed E-state index contributed by atoms with van der Waals surface area (Å²) in [6, 6.07) is 1.90. The lowest BCUT2D eigenvalue weighted by Crippen LogP contribution is -1.82. The molecule has 17 heavy (non-hydrogen) atoms. The number of hydrogen-bond donors (Lipinski definition) is 1. The van der Waals surface area contributed by atoms with E-state index in [-0.39, 0.29) is 0 Å². The Balaban J connectivity index is 0.000000581. The lowest BCUT2D eigenvalue weighted by molar-refractivity contribution is 0.399. The van der Waals surface area contributed by atoms with Crippen molar-refractivity contribution in [1.82, 2.24) is 8.96 Å². The van der Waals surface area contributed by atoms with Crippen molar-refractivity contribution in [1.29, 1.82) is 0 Å². The second kappa shape index (κ2) is 9.43. The highest BCUT2D eigenvalue weighted by atomic mass is 127. The standard InChI is InChI=1S/C7H3BrClIN2S.C2H6.CH4O/c8-6-3-12(13-10)7-5(6)1-4(9)2-11-7;2*1-2/h1-3H;1-2H3;2H,1H3. The van der Waals surface area contributed by atoms with Gasteiger partial charge in [0.25, 0.3) is 0 Å². The third-order valence-corrected chi connectivity index (χ3v) is 4.14. The van der Waals surface area contributed by atoms with Gasteiger partial charge in [0.1, 0.15) is 0 Å². The number of halogens is 3. The van der Waals surface area contributed by atoms with Crippen molar-refractivity contribution >= 4 is 68.9 Å². The molecule has 0 saturated heterocycles. The first-order valence-electron chi connectivity index (χ1n) is 4.78. The number of fused-ring (bicyclic) bond motifs is 1. The van der Waals surface area contributed by atoms with Crippen LogP contribution in [0.3, 0.4) is 0 Å². The predicted octanol–water partition coefficient (Wildman–Crippen LogP) is 4.93. The van der Waals surface area contributed by atoms with E-state index in [2.05, 4.69) is 42.1 Å². The normalized spacial score (nSPS) is 9.12. The van der Waals surface area contributed by atoms with E-state index in [1.807, 2.05) is 30.1 Å². The molecule has 0 aromatic carbocycles. The Kier molecular flexibility index (Phi) is 9.71. The Hall–Kier alpha value is 0.500. The van der Waals surface area contributed by atoms with Crippen LogP contribution >= 0.6 is 57.9 Å². The van der Waals surface area contributed by atoms with Crippen molar-refractivity contribution < 1.29 is 5.11 Å². The zero-order valence-electron chi connectivity index (χ0n) is 9.62. The van der Waals surface area contributed by atoms with Crippen LogP contribution in [-0.2, 0) is 0 Å². The van der Waals surface area contributed by atoms with Crippen molar-refractivity contribution in [2.75, 3.05) is 7.11 Å². The van der Waals surface area contributed by atoms with E-state index < -0.39 is 0 Å². The first kappa shape index (κ1) is 17.5. The molecule has 1 N–H and O–H groups in total. The van der Waals surface area contributed by atoms with E-state index in [9.17, 15) is 0 Å². The van der Waals surface area contributed by atoms with Crippen LogP contribution in [0.2, 0.25) is 5.02 Å². The average Bonchev–Trinajstić information content (AvgIpc) is 2.71. The monoisotopic (exact) mass is 450 g/mol. The number of hydrogen-bond acceptors (Lipinski definition) is 3. The molecule has 0 unspecified atom stereocenters. The van der Waals surface area contributed by atoms with Gasteiger partial charge in [-0.3, -0.25) is 3.97 Å². The molecule has 0 amide bonds. The minimum Gasteiger partial charge on any atom is -0.400 e. The summed E-state index contributed by atoms with van der Waals surface area (Å²) in [6.07, 6.45) is 3.63. The SMILES string of the molecule is CC.CO.Clc1cnc2c(c1)c(Br)cn2SI. The van der Waals surface area contributed by atoms with E-state index in [0.717, 1.165) is 22.6 Å². The van der Waals surface area contributed by atoms with Gasteiger partial charge in [0, 0.05) is 59.7 Å². The molecule has 0 aliphatic rings. The van der Waals surface area contributed by atoms with E-state index in [1.54, 1.807) is 15.3 Å². The summed E-state index contributed by atoms with van der Waals surface area (Å²) in [6.45, 7) is 4.00. The van der Waals surface area contributed by atoms with E-state index in [4.69, 9.17) is 16.7 Å². The van der Waals surface area contributed by atoms with Crippen LogP contribution in [0, 0.1) is 0 Å². The first-order valence-corrected chi connectivity index (χ1v) is 9.27. The number of rotatable bonds is 1. The molecule has 0 fully saturated rings. The molecule has 0 spiro atoms. The van der Waals surface area contributed by atoms with Gasteiger partial charge in [-0.25, -0.2) is 4.98 Å². The molecule has 7 heteroatoms. The van der Waals surface area contributed by atoms with Crippen LogP contribution < -0.4 is 0 Å². The Morgan fingerprint density at radius 3 is 2.59 bits per heavy atom. The third-order valence-electron chi connectivity index (χ3n) is 1.60. The quantitative estimate of drug-likeness (QED) is 0.625. The van der Waals surface area contributed by atoms with Crippen LogP contribution in [-0.4, -0.2) is 21.2 Å². The lowest BCUT2D eigenvalue weighted by atomic mass is 10.3. The average molecular weight is 452 g/mol. The molecule has 2 heterocycles. The first-order chi connectivity index (χ1) is 8.22. The molecule has 0 atom stereocenters. The minimum absolute atomic E-state index is 0.657. The molecular formula is C10H13BrClIN2OS. The summed E-state index contributed by atoms with van der Waals surface area (Å²) >= 11 is 11.5. The van der Waals surface area contributed by atoms with Crippen LogP contribution in [0.15, 0.2) is 22.9 Å². The van der Waals surface area contributed by atoms with E-state index in [0.29, 0.717) is 5.02 Å². The fourth-order valence-corrected chi connectivity index (χ4v) is 3.12. The van der Waals surface area contributed by atoms with Gasteiger partial charge < -0.3 is 5.11 Å². The van der Waals surface area contributed by atoms with Crippen molar-refractivity contribution in [2.24, 2.45) is 0 Å². The van der Waals surface area contributed by atoms with Crippen molar-refractivity contribution in [3.8, 4) is 0 Å². The summed E-state index contributed by atoms with van der Waals surface area (Å²) in [5.41, 5.74) is 0.927. The van der Waals surface area contributed by atoms with Crippen LogP contribution in [0.5, 0.6) is 0 Å². The zero-order valence-corrected chi connectivity index (χ0v) is 14.9. The maximum absolute atomic E-state index is 7.00. The van der Waals surface area contributed by atoms with Crippen LogP contribution in [0.1, 0.15) is 13.8 Å².